The van der Waals surface area contributed by atoms with Crippen LogP contribution in [0, 0.1) is 6.92 Å². The van der Waals surface area contributed by atoms with Crippen LogP contribution in [0.1, 0.15) is 18.1 Å². The lowest BCUT2D eigenvalue weighted by atomic mass is 10.1. The van der Waals surface area contributed by atoms with Crippen molar-refractivity contribution in [2.75, 3.05) is 11.9 Å². The minimum atomic E-state index is 0.658. The van der Waals surface area contributed by atoms with Crippen LogP contribution in [0.5, 0.6) is 5.75 Å². The standard InChI is InChI=1S/C16H17BrClNO/c1-3-20-16-7-5-13(17)8-12(16)10-19-15-9-14(18)6-4-11(15)2/h4-9,19H,3,10H2,1-2H3. The monoisotopic (exact) mass is 353 g/mol. The van der Waals surface area contributed by atoms with Gasteiger partial charge in [0, 0.05) is 27.3 Å². The molecule has 20 heavy (non-hydrogen) atoms. The molecular weight excluding hydrogens is 338 g/mol. The molecule has 2 nitrogen and oxygen atoms in total. The number of nitrogens with one attached hydrogen (secondary N) is 1. The lowest BCUT2D eigenvalue weighted by molar-refractivity contribution is 0.337. The summed E-state index contributed by atoms with van der Waals surface area (Å²) in [5.41, 5.74) is 3.32. The molecule has 0 saturated carbocycles. The SMILES string of the molecule is CCOc1ccc(Br)cc1CNc1cc(Cl)ccc1C. The topological polar surface area (TPSA) is 21.3 Å². The number of rotatable bonds is 5. The van der Waals surface area contributed by atoms with E-state index in [4.69, 9.17) is 16.3 Å². The van der Waals surface area contributed by atoms with E-state index in [1.807, 2.05) is 37.3 Å². The van der Waals surface area contributed by atoms with Crippen LogP contribution in [-0.4, -0.2) is 6.61 Å². The molecule has 4 heteroatoms. The molecule has 0 saturated heterocycles. The van der Waals surface area contributed by atoms with Crippen molar-refractivity contribution < 1.29 is 4.74 Å². The van der Waals surface area contributed by atoms with E-state index >= 15 is 0 Å². The van der Waals surface area contributed by atoms with Crippen LogP contribution >= 0.6 is 27.5 Å². The van der Waals surface area contributed by atoms with E-state index in [9.17, 15) is 0 Å². The summed E-state index contributed by atoms with van der Waals surface area (Å²) in [6.07, 6.45) is 0. The summed E-state index contributed by atoms with van der Waals surface area (Å²) >= 11 is 9.53. The molecule has 1 N–H and O–H groups in total. The molecule has 0 aliphatic rings. The van der Waals surface area contributed by atoms with Crippen LogP contribution in [0.3, 0.4) is 0 Å². The van der Waals surface area contributed by atoms with Gasteiger partial charge < -0.3 is 10.1 Å². The number of hydrogen-bond acceptors (Lipinski definition) is 2. The number of halogens is 2. The molecule has 0 fully saturated rings. The highest BCUT2D eigenvalue weighted by Gasteiger charge is 2.06. The van der Waals surface area contributed by atoms with Crippen molar-refractivity contribution >= 4 is 33.2 Å². The Hall–Kier alpha value is -1.19. The number of anilines is 1. The summed E-state index contributed by atoms with van der Waals surface area (Å²) in [4.78, 5) is 0. The Morgan fingerprint density at radius 3 is 2.75 bits per heavy atom. The van der Waals surface area contributed by atoms with E-state index in [2.05, 4.69) is 34.2 Å². The third kappa shape index (κ3) is 3.90. The fourth-order valence-corrected chi connectivity index (χ4v) is 2.54. The molecule has 0 amide bonds. The molecule has 0 radical (unpaired) electrons. The first-order valence-corrected chi connectivity index (χ1v) is 7.68. The molecule has 0 atom stereocenters. The summed E-state index contributed by atoms with van der Waals surface area (Å²) in [6, 6.07) is 11.9. The molecule has 2 aromatic carbocycles. The van der Waals surface area contributed by atoms with Crippen molar-refractivity contribution in [3.8, 4) is 5.75 Å². The van der Waals surface area contributed by atoms with Gasteiger partial charge in [-0.25, -0.2) is 0 Å². The zero-order valence-corrected chi connectivity index (χ0v) is 13.9. The average Bonchev–Trinajstić information content (AvgIpc) is 2.42. The van der Waals surface area contributed by atoms with Gasteiger partial charge in [0.2, 0.25) is 0 Å². The van der Waals surface area contributed by atoms with Gasteiger partial charge in [-0.3, -0.25) is 0 Å². The minimum Gasteiger partial charge on any atom is -0.494 e. The third-order valence-corrected chi connectivity index (χ3v) is 3.72. The number of hydrogen-bond donors (Lipinski definition) is 1. The van der Waals surface area contributed by atoms with E-state index in [0.717, 1.165) is 26.5 Å². The maximum Gasteiger partial charge on any atom is 0.124 e. The van der Waals surface area contributed by atoms with Crippen molar-refractivity contribution in [2.45, 2.75) is 20.4 Å². The summed E-state index contributed by atoms with van der Waals surface area (Å²) in [5, 5.41) is 4.14. The molecule has 0 aliphatic heterocycles. The van der Waals surface area contributed by atoms with Crippen LogP contribution in [0.25, 0.3) is 0 Å². The first-order chi connectivity index (χ1) is 9.60. The summed E-state index contributed by atoms with van der Waals surface area (Å²) < 4.78 is 6.69. The lowest BCUT2D eigenvalue weighted by Gasteiger charge is -2.14. The highest BCUT2D eigenvalue weighted by molar-refractivity contribution is 9.10. The Morgan fingerprint density at radius 2 is 2.00 bits per heavy atom. The van der Waals surface area contributed by atoms with Crippen molar-refractivity contribution in [1.29, 1.82) is 0 Å². The summed E-state index contributed by atoms with van der Waals surface area (Å²) in [6.45, 7) is 5.39. The molecule has 2 aromatic rings. The van der Waals surface area contributed by atoms with Gasteiger partial charge in [-0.2, -0.15) is 0 Å². The first kappa shape index (κ1) is 15.2. The van der Waals surface area contributed by atoms with E-state index in [1.165, 1.54) is 5.56 Å². The number of aryl methyl sites for hydroxylation is 1. The van der Waals surface area contributed by atoms with Gasteiger partial charge in [0.25, 0.3) is 0 Å². The van der Waals surface area contributed by atoms with Crippen LogP contribution < -0.4 is 10.1 Å². The fraction of sp³-hybridized carbons (Fsp3) is 0.250. The average molecular weight is 355 g/mol. The molecule has 0 bridgehead atoms. The maximum absolute atomic E-state index is 6.03. The molecule has 0 heterocycles. The Labute approximate surface area is 133 Å². The maximum atomic E-state index is 6.03. The third-order valence-electron chi connectivity index (χ3n) is 2.99. The smallest absolute Gasteiger partial charge is 0.124 e. The fourth-order valence-electron chi connectivity index (χ4n) is 1.96. The van der Waals surface area contributed by atoms with Gasteiger partial charge in [-0.1, -0.05) is 33.6 Å². The summed E-state index contributed by atoms with van der Waals surface area (Å²) in [5.74, 6) is 0.905. The molecule has 0 spiro atoms. The van der Waals surface area contributed by atoms with Gasteiger partial charge in [0.05, 0.1) is 6.61 Å². The number of ether oxygens (including phenoxy) is 1. The van der Waals surface area contributed by atoms with E-state index in [1.54, 1.807) is 0 Å². The first-order valence-electron chi connectivity index (χ1n) is 6.51. The molecule has 0 aliphatic carbocycles. The van der Waals surface area contributed by atoms with Crippen molar-refractivity contribution in [1.82, 2.24) is 0 Å². The van der Waals surface area contributed by atoms with Crippen molar-refractivity contribution in [3.05, 3.63) is 57.0 Å². The molecule has 0 aromatic heterocycles. The Bertz CT molecular complexity index is 601. The highest BCUT2D eigenvalue weighted by Crippen LogP contribution is 2.26. The van der Waals surface area contributed by atoms with Gasteiger partial charge in [-0.05, 0) is 49.7 Å². The second-order valence-corrected chi connectivity index (χ2v) is 5.85. The molecular formula is C16H17BrClNO. The predicted molar refractivity (Wildman–Crippen MR) is 88.8 cm³/mol. The van der Waals surface area contributed by atoms with Crippen LogP contribution in [-0.2, 0) is 6.54 Å². The van der Waals surface area contributed by atoms with Gasteiger partial charge in [-0.15, -0.1) is 0 Å². The van der Waals surface area contributed by atoms with Crippen LogP contribution in [0.15, 0.2) is 40.9 Å². The predicted octanol–water partition coefficient (Wildman–Crippen LogP) is 5.42. The largest absolute Gasteiger partial charge is 0.494 e. The van der Waals surface area contributed by atoms with Crippen molar-refractivity contribution in [2.24, 2.45) is 0 Å². The van der Waals surface area contributed by atoms with E-state index in [0.29, 0.717) is 13.2 Å². The second kappa shape index (κ2) is 7.00. The van der Waals surface area contributed by atoms with Gasteiger partial charge >= 0.3 is 0 Å². The zero-order chi connectivity index (χ0) is 14.5. The number of benzene rings is 2. The van der Waals surface area contributed by atoms with Crippen LogP contribution in [0.2, 0.25) is 5.02 Å². The van der Waals surface area contributed by atoms with Gasteiger partial charge in [0.1, 0.15) is 5.75 Å². The quantitative estimate of drug-likeness (QED) is 0.774. The lowest BCUT2D eigenvalue weighted by Crippen LogP contribution is -2.04. The van der Waals surface area contributed by atoms with E-state index in [-0.39, 0.29) is 0 Å². The minimum absolute atomic E-state index is 0.658. The second-order valence-electron chi connectivity index (χ2n) is 4.50. The van der Waals surface area contributed by atoms with Crippen LogP contribution in [0.4, 0.5) is 5.69 Å². The van der Waals surface area contributed by atoms with Gasteiger partial charge in [0.15, 0.2) is 0 Å². The Morgan fingerprint density at radius 1 is 1.20 bits per heavy atom. The molecule has 0 unspecified atom stereocenters. The summed E-state index contributed by atoms with van der Waals surface area (Å²) in [7, 11) is 0. The highest BCUT2D eigenvalue weighted by atomic mass is 79.9. The Balaban J connectivity index is 2.17. The van der Waals surface area contributed by atoms with Crippen molar-refractivity contribution in [3.63, 3.8) is 0 Å². The molecule has 2 rings (SSSR count). The normalized spacial score (nSPS) is 10.4. The molecule has 106 valence electrons. The Kier molecular flexibility index (Phi) is 5.32. The zero-order valence-electron chi connectivity index (χ0n) is 11.5. The van der Waals surface area contributed by atoms with E-state index < -0.39 is 0 Å².